The Morgan fingerprint density at radius 3 is 2.29 bits per heavy atom. The van der Waals surface area contributed by atoms with Gasteiger partial charge in [-0.1, -0.05) is 32.4 Å². The maximum absolute atomic E-state index is 12.9. The molecule has 0 aliphatic rings. The Labute approximate surface area is 143 Å². The highest BCUT2D eigenvalue weighted by molar-refractivity contribution is 6.29. The second kappa shape index (κ2) is 6.47. The summed E-state index contributed by atoms with van der Waals surface area (Å²) in [5, 5.41) is 3.03. The van der Waals surface area contributed by atoms with E-state index in [1.54, 1.807) is 0 Å². The first-order valence-electron chi connectivity index (χ1n) is 7.08. The molecule has 1 N–H and O–H groups in total. The molecule has 0 spiro atoms. The molecular weight excluding hydrogens is 343 g/mol. The molecule has 0 saturated carbocycles. The number of methoxy groups -OCH3 is 1. The summed E-state index contributed by atoms with van der Waals surface area (Å²) in [7, 11) is 1.38. The normalized spacial score (nSPS) is 12.2. The molecule has 0 aliphatic carbocycles. The molecule has 24 heavy (non-hydrogen) atoms. The van der Waals surface area contributed by atoms with Gasteiger partial charge in [0.1, 0.15) is 22.5 Å². The van der Waals surface area contributed by atoms with E-state index in [1.807, 2.05) is 20.8 Å². The summed E-state index contributed by atoms with van der Waals surface area (Å²) in [4.78, 5) is 8.47. The van der Waals surface area contributed by atoms with E-state index in [0.717, 1.165) is 12.1 Å². The zero-order chi connectivity index (χ0) is 18.1. The first-order chi connectivity index (χ1) is 11.0. The van der Waals surface area contributed by atoms with Gasteiger partial charge in [-0.3, -0.25) is 0 Å². The molecule has 0 aliphatic heterocycles. The van der Waals surface area contributed by atoms with Crippen molar-refractivity contribution >= 4 is 23.1 Å². The summed E-state index contributed by atoms with van der Waals surface area (Å²) in [5.41, 5.74) is -1.01. The molecule has 0 unspecified atom stereocenters. The van der Waals surface area contributed by atoms with E-state index in [-0.39, 0.29) is 27.8 Å². The molecule has 0 atom stereocenters. The molecule has 1 aromatic heterocycles. The molecule has 0 fully saturated rings. The van der Waals surface area contributed by atoms with Gasteiger partial charge >= 0.3 is 6.18 Å². The van der Waals surface area contributed by atoms with Crippen LogP contribution in [0.1, 0.15) is 32.2 Å². The highest BCUT2D eigenvalue weighted by atomic mass is 35.5. The minimum Gasteiger partial charge on any atom is -0.495 e. The smallest absolute Gasteiger partial charge is 0.416 e. The van der Waals surface area contributed by atoms with Crippen LogP contribution in [-0.2, 0) is 11.6 Å². The Bertz CT molecular complexity index is 742. The van der Waals surface area contributed by atoms with Gasteiger partial charge in [-0.2, -0.15) is 13.2 Å². The highest BCUT2D eigenvalue weighted by Crippen LogP contribution is 2.36. The van der Waals surface area contributed by atoms with Crippen LogP contribution in [0.4, 0.5) is 24.7 Å². The van der Waals surface area contributed by atoms with E-state index >= 15 is 0 Å². The van der Waals surface area contributed by atoms with Crippen LogP contribution in [0.25, 0.3) is 0 Å². The largest absolute Gasteiger partial charge is 0.495 e. The SMILES string of the molecule is COc1ccc(C(F)(F)F)cc1Nc1cc(Cl)nc(C(C)(C)C)n1. The van der Waals surface area contributed by atoms with Gasteiger partial charge in [-0.15, -0.1) is 0 Å². The maximum atomic E-state index is 12.9. The van der Waals surface area contributed by atoms with Gasteiger partial charge in [0.2, 0.25) is 0 Å². The van der Waals surface area contributed by atoms with Crippen molar-refractivity contribution in [3.8, 4) is 5.75 Å². The summed E-state index contributed by atoms with van der Waals surface area (Å²) < 4.78 is 43.8. The van der Waals surface area contributed by atoms with Crippen LogP contribution < -0.4 is 10.1 Å². The molecule has 0 radical (unpaired) electrons. The number of hydrogen-bond donors (Lipinski definition) is 1. The summed E-state index contributed by atoms with van der Waals surface area (Å²) in [5.74, 6) is 1.02. The summed E-state index contributed by atoms with van der Waals surface area (Å²) in [6.07, 6.45) is -4.46. The molecule has 0 amide bonds. The van der Waals surface area contributed by atoms with Crippen molar-refractivity contribution in [2.24, 2.45) is 0 Å². The summed E-state index contributed by atoms with van der Waals surface area (Å²) in [6, 6.07) is 4.61. The van der Waals surface area contributed by atoms with Crippen LogP contribution in [-0.4, -0.2) is 17.1 Å². The van der Waals surface area contributed by atoms with Crippen molar-refractivity contribution in [1.29, 1.82) is 0 Å². The van der Waals surface area contributed by atoms with Gasteiger partial charge in [0.15, 0.2) is 0 Å². The number of halogens is 4. The highest BCUT2D eigenvalue weighted by Gasteiger charge is 2.31. The lowest BCUT2D eigenvalue weighted by atomic mass is 9.96. The third-order valence-corrected chi connectivity index (χ3v) is 3.35. The number of benzene rings is 1. The fraction of sp³-hybridized carbons (Fsp3) is 0.375. The van der Waals surface area contributed by atoms with Crippen molar-refractivity contribution in [1.82, 2.24) is 9.97 Å². The molecule has 0 saturated heterocycles. The third kappa shape index (κ3) is 4.29. The lowest BCUT2D eigenvalue weighted by Crippen LogP contribution is -2.17. The number of nitrogens with one attached hydrogen (secondary N) is 1. The zero-order valence-corrected chi connectivity index (χ0v) is 14.4. The Morgan fingerprint density at radius 2 is 1.75 bits per heavy atom. The molecule has 0 bridgehead atoms. The first kappa shape index (κ1) is 18.3. The lowest BCUT2D eigenvalue weighted by Gasteiger charge is -2.19. The summed E-state index contributed by atoms with van der Waals surface area (Å²) >= 11 is 6.00. The second-order valence-electron chi connectivity index (χ2n) is 6.19. The second-order valence-corrected chi connectivity index (χ2v) is 6.57. The Balaban J connectivity index is 2.45. The zero-order valence-electron chi connectivity index (χ0n) is 13.6. The number of alkyl halides is 3. The van der Waals surface area contributed by atoms with Crippen LogP contribution in [0.3, 0.4) is 0 Å². The van der Waals surface area contributed by atoms with Crippen LogP contribution in [0, 0.1) is 0 Å². The van der Waals surface area contributed by atoms with Crippen molar-refractivity contribution in [2.45, 2.75) is 32.4 Å². The minimum absolute atomic E-state index is 0.141. The topological polar surface area (TPSA) is 47.0 Å². The van der Waals surface area contributed by atoms with Gasteiger partial charge in [0.25, 0.3) is 0 Å². The molecule has 2 rings (SSSR count). The molecule has 1 heterocycles. The lowest BCUT2D eigenvalue weighted by molar-refractivity contribution is -0.137. The number of aromatic nitrogens is 2. The van der Waals surface area contributed by atoms with Crippen molar-refractivity contribution in [3.05, 3.63) is 40.8 Å². The van der Waals surface area contributed by atoms with E-state index < -0.39 is 11.7 Å². The van der Waals surface area contributed by atoms with Crippen LogP contribution in [0.2, 0.25) is 5.15 Å². The molecule has 4 nitrogen and oxygen atoms in total. The van der Waals surface area contributed by atoms with Gasteiger partial charge in [-0.05, 0) is 18.2 Å². The number of anilines is 2. The monoisotopic (exact) mass is 359 g/mol. The molecule has 1 aromatic carbocycles. The Kier molecular flexibility index (Phi) is 4.94. The van der Waals surface area contributed by atoms with E-state index in [4.69, 9.17) is 16.3 Å². The fourth-order valence-electron chi connectivity index (χ4n) is 1.94. The van der Waals surface area contributed by atoms with E-state index in [2.05, 4.69) is 15.3 Å². The molecular formula is C16H17ClF3N3O. The number of nitrogens with zero attached hydrogens (tertiary/aromatic N) is 2. The summed E-state index contributed by atoms with van der Waals surface area (Å²) in [6.45, 7) is 5.73. The number of ether oxygens (including phenoxy) is 1. The van der Waals surface area contributed by atoms with E-state index in [0.29, 0.717) is 5.82 Å². The van der Waals surface area contributed by atoms with Gasteiger partial charge < -0.3 is 10.1 Å². The van der Waals surface area contributed by atoms with Gasteiger partial charge in [0.05, 0.1) is 18.4 Å². The quantitative estimate of drug-likeness (QED) is 0.765. The number of rotatable bonds is 3. The molecule has 130 valence electrons. The minimum atomic E-state index is -4.46. The average molecular weight is 360 g/mol. The molecule has 8 heteroatoms. The Hall–Kier alpha value is -2.02. The predicted molar refractivity (Wildman–Crippen MR) is 87.0 cm³/mol. The fourth-order valence-corrected chi connectivity index (χ4v) is 2.12. The van der Waals surface area contributed by atoms with Crippen LogP contribution in [0.15, 0.2) is 24.3 Å². The van der Waals surface area contributed by atoms with E-state index in [9.17, 15) is 13.2 Å². The van der Waals surface area contributed by atoms with Crippen LogP contribution >= 0.6 is 11.6 Å². The Morgan fingerprint density at radius 1 is 1.08 bits per heavy atom. The third-order valence-electron chi connectivity index (χ3n) is 3.16. The van der Waals surface area contributed by atoms with Crippen molar-refractivity contribution in [3.63, 3.8) is 0 Å². The van der Waals surface area contributed by atoms with E-state index in [1.165, 1.54) is 19.2 Å². The van der Waals surface area contributed by atoms with Gasteiger partial charge in [0, 0.05) is 11.5 Å². The molecule has 2 aromatic rings. The van der Waals surface area contributed by atoms with Gasteiger partial charge in [-0.25, -0.2) is 9.97 Å². The standard InChI is InChI=1S/C16H17ClF3N3O/c1-15(2,3)14-22-12(17)8-13(23-14)21-10-7-9(16(18,19)20)5-6-11(10)24-4/h5-8H,1-4H3,(H,21,22,23). The van der Waals surface area contributed by atoms with Crippen molar-refractivity contribution in [2.75, 3.05) is 12.4 Å². The average Bonchev–Trinajstić information content (AvgIpc) is 2.44. The van der Waals surface area contributed by atoms with Crippen molar-refractivity contribution < 1.29 is 17.9 Å². The number of hydrogen-bond acceptors (Lipinski definition) is 4. The van der Waals surface area contributed by atoms with Crippen LogP contribution in [0.5, 0.6) is 5.75 Å². The predicted octanol–water partition coefficient (Wildman–Crippen LogP) is 5.20. The maximum Gasteiger partial charge on any atom is 0.416 e. The first-order valence-corrected chi connectivity index (χ1v) is 7.46.